The largest absolute Gasteiger partial charge is 0.551 e. The number of nitrogens with zero attached hydrogens (tertiary/aromatic N) is 1. The third kappa shape index (κ3) is 3.48. The Bertz CT molecular complexity index is 2720. The van der Waals surface area contributed by atoms with E-state index in [4.69, 9.17) is 13.8 Å². The Kier molecular flexibility index (Phi) is 4.89. The Morgan fingerprint density at radius 2 is 1.19 bits per heavy atom. The van der Waals surface area contributed by atoms with Gasteiger partial charge in [0.05, 0.1) is 11.0 Å². The molecule has 2 aliphatic heterocycles. The molecule has 0 atom stereocenters. The standard InChI is InChI=1S/C42H24BNO3/c1-4-12-35-28(8-1)29-9-2-5-13-36(29)44(35)27-18-21-39-34(24-27)43-42-32(11-7-15-40(42)46-39)31-19-16-26(23-41(31)47-43)25-17-20-38-33(22-25)30-10-3-6-14-37(30)45-38/h1-24H. The van der Waals surface area contributed by atoms with Crippen molar-refractivity contribution in [2.45, 2.75) is 0 Å². The summed E-state index contributed by atoms with van der Waals surface area (Å²) in [7, 11) is 0. The fourth-order valence-corrected chi connectivity index (χ4v) is 7.76. The first-order chi connectivity index (χ1) is 23.3. The van der Waals surface area contributed by atoms with E-state index in [1.165, 1.54) is 21.8 Å². The summed E-state index contributed by atoms with van der Waals surface area (Å²) in [6.45, 7) is -0.305. The molecule has 0 amide bonds. The second-order valence-electron chi connectivity index (χ2n) is 12.4. The van der Waals surface area contributed by atoms with Gasteiger partial charge in [-0.05, 0) is 77.4 Å². The van der Waals surface area contributed by atoms with Gasteiger partial charge in [-0.1, -0.05) is 84.9 Å². The molecule has 9 aromatic rings. The molecule has 2 aromatic heterocycles. The third-order valence-corrected chi connectivity index (χ3v) is 9.89. The average molecular weight is 601 g/mol. The molecule has 4 nitrogen and oxygen atoms in total. The summed E-state index contributed by atoms with van der Waals surface area (Å²) in [5.74, 6) is 2.53. The van der Waals surface area contributed by atoms with E-state index in [0.717, 1.165) is 78.1 Å². The van der Waals surface area contributed by atoms with Gasteiger partial charge < -0.3 is 18.4 Å². The van der Waals surface area contributed by atoms with Crippen LogP contribution in [0.3, 0.4) is 0 Å². The van der Waals surface area contributed by atoms with Crippen LogP contribution in [0.2, 0.25) is 0 Å². The lowest BCUT2D eigenvalue weighted by molar-refractivity contribution is 0.479. The fraction of sp³-hybridized carbons (Fsp3) is 0. The Morgan fingerprint density at radius 1 is 0.468 bits per heavy atom. The zero-order chi connectivity index (χ0) is 30.6. The molecule has 0 aliphatic carbocycles. The van der Waals surface area contributed by atoms with Gasteiger partial charge in [-0.15, -0.1) is 0 Å². The highest BCUT2D eigenvalue weighted by atomic mass is 16.5. The lowest BCUT2D eigenvalue weighted by atomic mass is 9.51. The van der Waals surface area contributed by atoms with Crippen LogP contribution in [0.15, 0.2) is 150 Å². The number of benzene rings is 7. The lowest BCUT2D eigenvalue weighted by Gasteiger charge is -2.33. The lowest BCUT2D eigenvalue weighted by Crippen LogP contribution is -2.53. The number of hydrogen-bond acceptors (Lipinski definition) is 3. The van der Waals surface area contributed by atoms with Gasteiger partial charge in [0.1, 0.15) is 28.4 Å². The Balaban J connectivity index is 1.07. The van der Waals surface area contributed by atoms with Crippen LogP contribution in [-0.4, -0.2) is 11.5 Å². The Morgan fingerprint density at radius 3 is 2.04 bits per heavy atom. The highest BCUT2D eigenvalue weighted by Crippen LogP contribution is 2.42. The molecular weight excluding hydrogens is 577 g/mol. The summed E-state index contributed by atoms with van der Waals surface area (Å²) in [6.07, 6.45) is 0. The van der Waals surface area contributed by atoms with Crippen molar-refractivity contribution in [3.8, 4) is 45.2 Å². The van der Waals surface area contributed by atoms with Gasteiger partial charge in [0.15, 0.2) is 0 Å². The predicted molar refractivity (Wildman–Crippen MR) is 191 cm³/mol. The van der Waals surface area contributed by atoms with Crippen molar-refractivity contribution in [3.05, 3.63) is 146 Å². The smallest absolute Gasteiger partial charge is 0.434 e. The molecule has 0 spiro atoms. The minimum atomic E-state index is -0.305. The molecule has 0 bridgehead atoms. The molecule has 0 saturated carbocycles. The van der Waals surface area contributed by atoms with Crippen molar-refractivity contribution in [1.82, 2.24) is 4.57 Å². The molecule has 47 heavy (non-hydrogen) atoms. The molecule has 2 aliphatic rings. The van der Waals surface area contributed by atoms with Gasteiger partial charge in [0, 0.05) is 43.7 Å². The first-order valence-corrected chi connectivity index (χ1v) is 15.9. The molecule has 5 heteroatoms. The first-order valence-electron chi connectivity index (χ1n) is 15.9. The van der Waals surface area contributed by atoms with Crippen LogP contribution in [0.4, 0.5) is 0 Å². The summed E-state index contributed by atoms with van der Waals surface area (Å²) in [4.78, 5) is 0. The first kappa shape index (κ1) is 25.0. The predicted octanol–water partition coefficient (Wildman–Crippen LogP) is 9.62. The maximum Gasteiger partial charge on any atom is 0.434 e. The van der Waals surface area contributed by atoms with E-state index in [-0.39, 0.29) is 6.92 Å². The van der Waals surface area contributed by atoms with Gasteiger partial charge in [-0.25, -0.2) is 0 Å². The number of hydrogen-bond donors (Lipinski definition) is 0. The third-order valence-electron chi connectivity index (χ3n) is 9.89. The summed E-state index contributed by atoms with van der Waals surface area (Å²) in [5.41, 5.74) is 11.8. The van der Waals surface area contributed by atoms with E-state index in [2.05, 4.69) is 132 Å². The van der Waals surface area contributed by atoms with Crippen molar-refractivity contribution in [1.29, 1.82) is 0 Å². The summed E-state index contributed by atoms with van der Waals surface area (Å²) >= 11 is 0. The molecule has 0 fully saturated rings. The SMILES string of the molecule is c1cc2c3c(c1)-c1ccc(-c4ccc5oc6ccccc6c5c4)cc1OB3c1cc(-n3c4ccccc4c4ccccc43)ccc1O2. The Hall–Kier alpha value is -6.20. The number of ether oxygens (including phenoxy) is 1. The summed E-state index contributed by atoms with van der Waals surface area (Å²) < 4.78 is 22.0. The second kappa shape index (κ2) is 9.18. The van der Waals surface area contributed by atoms with E-state index >= 15 is 0 Å². The van der Waals surface area contributed by atoms with E-state index in [9.17, 15) is 0 Å². The molecule has 0 N–H and O–H groups in total. The Labute approximate surface area is 270 Å². The van der Waals surface area contributed by atoms with Crippen LogP contribution in [0.5, 0.6) is 17.2 Å². The van der Waals surface area contributed by atoms with Gasteiger partial charge in [-0.3, -0.25) is 0 Å². The van der Waals surface area contributed by atoms with E-state index < -0.39 is 0 Å². The molecule has 0 unspecified atom stereocenters. The average Bonchev–Trinajstić information content (AvgIpc) is 3.67. The van der Waals surface area contributed by atoms with Gasteiger partial charge in [0.2, 0.25) is 0 Å². The molecule has 4 heterocycles. The van der Waals surface area contributed by atoms with Crippen LogP contribution in [0.25, 0.3) is 71.7 Å². The fourth-order valence-electron chi connectivity index (χ4n) is 7.76. The minimum Gasteiger partial charge on any atom is -0.551 e. The number of aromatic nitrogens is 1. The highest BCUT2D eigenvalue weighted by molar-refractivity contribution is 6.84. The number of para-hydroxylation sites is 3. The zero-order valence-corrected chi connectivity index (χ0v) is 25.1. The van der Waals surface area contributed by atoms with Crippen molar-refractivity contribution >= 4 is 61.6 Å². The summed E-state index contributed by atoms with van der Waals surface area (Å²) in [5, 5.41) is 4.71. The van der Waals surface area contributed by atoms with Crippen LogP contribution in [0, 0.1) is 0 Å². The topological polar surface area (TPSA) is 36.5 Å². The van der Waals surface area contributed by atoms with Crippen LogP contribution >= 0.6 is 0 Å². The van der Waals surface area contributed by atoms with Crippen molar-refractivity contribution < 1.29 is 13.8 Å². The second-order valence-corrected chi connectivity index (χ2v) is 12.4. The molecular formula is C42H24BNO3. The number of fused-ring (bicyclic) bond motifs is 10. The van der Waals surface area contributed by atoms with E-state index in [1.807, 2.05) is 18.2 Å². The quantitative estimate of drug-likeness (QED) is 0.185. The van der Waals surface area contributed by atoms with Gasteiger partial charge in [-0.2, -0.15) is 0 Å². The number of rotatable bonds is 2. The number of furan rings is 1. The monoisotopic (exact) mass is 601 g/mol. The van der Waals surface area contributed by atoms with E-state index in [1.54, 1.807) is 0 Å². The normalized spacial score (nSPS) is 13.0. The molecule has 218 valence electrons. The van der Waals surface area contributed by atoms with Crippen LogP contribution in [0.1, 0.15) is 0 Å². The summed E-state index contributed by atoms with van der Waals surface area (Å²) in [6, 6.07) is 51.1. The maximum atomic E-state index is 7.01. The molecule has 0 radical (unpaired) electrons. The van der Waals surface area contributed by atoms with Gasteiger partial charge >= 0.3 is 6.92 Å². The van der Waals surface area contributed by atoms with E-state index in [0.29, 0.717) is 0 Å². The molecule has 7 aromatic carbocycles. The van der Waals surface area contributed by atoms with Gasteiger partial charge in [0.25, 0.3) is 0 Å². The maximum absolute atomic E-state index is 7.01. The molecule has 11 rings (SSSR count). The van der Waals surface area contributed by atoms with Crippen LogP contribution < -0.4 is 20.3 Å². The zero-order valence-electron chi connectivity index (χ0n) is 25.1. The van der Waals surface area contributed by atoms with Crippen molar-refractivity contribution in [2.75, 3.05) is 0 Å². The highest BCUT2D eigenvalue weighted by Gasteiger charge is 2.41. The van der Waals surface area contributed by atoms with Crippen LogP contribution in [-0.2, 0) is 0 Å². The van der Waals surface area contributed by atoms with Crippen molar-refractivity contribution in [2.24, 2.45) is 0 Å². The van der Waals surface area contributed by atoms with Crippen molar-refractivity contribution in [3.63, 3.8) is 0 Å². The molecule has 0 saturated heterocycles. The minimum absolute atomic E-state index is 0.305.